The van der Waals surface area contributed by atoms with Gasteiger partial charge in [0.05, 0.1) is 0 Å². The van der Waals surface area contributed by atoms with Crippen LogP contribution in [0.2, 0.25) is 0 Å². The fraction of sp³-hybridized carbons (Fsp3) is 0.368. The molecule has 0 saturated heterocycles. The SMILES string of the molecule is CCC(NCC(O)COc1ccc(F)cc1)c1ccc(C)cc1. The van der Waals surface area contributed by atoms with E-state index in [0.29, 0.717) is 12.3 Å². The summed E-state index contributed by atoms with van der Waals surface area (Å²) < 4.78 is 18.3. The van der Waals surface area contributed by atoms with Crippen molar-refractivity contribution >= 4 is 0 Å². The molecule has 124 valence electrons. The third-order valence-corrected chi connectivity index (χ3v) is 3.74. The number of ether oxygens (including phenoxy) is 1. The Morgan fingerprint density at radius 1 is 1.09 bits per heavy atom. The zero-order valence-corrected chi connectivity index (χ0v) is 13.6. The lowest BCUT2D eigenvalue weighted by atomic mass is 10.0. The molecule has 0 radical (unpaired) electrons. The van der Waals surface area contributed by atoms with Crippen molar-refractivity contribution in [3.8, 4) is 5.75 Å². The monoisotopic (exact) mass is 317 g/mol. The largest absolute Gasteiger partial charge is 0.491 e. The normalized spacial score (nSPS) is 13.6. The molecular weight excluding hydrogens is 293 g/mol. The minimum absolute atomic E-state index is 0.170. The van der Waals surface area contributed by atoms with E-state index in [1.807, 2.05) is 0 Å². The van der Waals surface area contributed by atoms with Crippen molar-refractivity contribution in [2.45, 2.75) is 32.4 Å². The van der Waals surface area contributed by atoms with Crippen LogP contribution in [0.5, 0.6) is 5.75 Å². The van der Waals surface area contributed by atoms with Crippen LogP contribution in [0.15, 0.2) is 48.5 Å². The van der Waals surface area contributed by atoms with Crippen molar-refractivity contribution in [3.63, 3.8) is 0 Å². The van der Waals surface area contributed by atoms with Gasteiger partial charge in [0.1, 0.15) is 24.3 Å². The van der Waals surface area contributed by atoms with Crippen LogP contribution in [0.3, 0.4) is 0 Å². The van der Waals surface area contributed by atoms with Crippen molar-refractivity contribution in [1.82, 2.24) is 5.32 Å². The molecule has 0 saturated carbocycles. The van der Waals surface area contributed by atoms with E-state index in [1.165, 1.54) is 23.3 Å². The van der Waals surface area contributed by atoms with Gasteiger partial charge in [0, 0.05) is 12.6 Å². The molecule has 2 atom stereocenters. The molecule has 0 heterocycles. The van der Waals surface area contributed by atoms with E-state index < -0.39 is 6.10 Å². The number of halogens is 1. The molecule has 2 unspecified atom stereocenters. The van der Waals surface area contributed by atoms with Crippen molar-refractivity contribution < 1.29 is 14.2 Å². The molecule has 0 aliphatic heterocycles. The second-order valence-corrected chi connectivity index (χ2v) is 5.70. The molecule has 2 N–H and O–H groups in total. The Hall–Kier alpha value is -1.91. The summed E-state index contributed by atoms with van der Waals surface area (Å²) in [4.78, 5) is 0. The lowest BCUT2D eigenvalue weighted by Crippen LogP contribution is -2.33. The predicted molar refractivity (Wildman–Crippen MR) is 90.1 cm³/mol. The Labute approximate surface area is 137 Å². The van der Waals surface area contributed by atoms with Gasteiger partial charge in [0.15, 0.2) is 0 Å². The van der Waals surface area contributed by atoms with Crippen LogP contribution in [0, 0.1) is 12.7 Å². The minimum atomic E-state index is -0.625. The molecule has 0 aromatic heterocycles. The summed E-state index contributed by atoms with van der Waals surface area (Å²) in [5.41, 5.74) is 2.45. The Balaban J connectivity index is 1.79. The van der Waals surface area contributed by atoms with Crippen LogP contribution >= 0.6 is 0 Å². The molecule has 0 bridgehead atoms. The molecule has 0 aliphatic rings. The summed E-state index contributed by atoms with van der Waals surface area (Å²) in [7, 11) is 0. The van der Waals surface area contributed by atoms with Crippen LogP contribution in [0.1, 0.15) is 30.5 Å². The smallest absolute Gasteiger partial charge is 0.123 e. The lowest BCUT2D eigenvalue weighted by Gasteiger charge is -2.20. The maximum Gasteiger partial charge on any atom is 0.123 e. The molecule has 0 fully saturated rings. The van der Waals surface area contributed by atoms with Crippen molar-refractivity contribution in [2.24, 2.45) is 0 Å². The van der Waals surface area contributed by atoms with Gasteiger partial charge in [-0.2, -0.15) is 0 Å². The number of aliphatic hydroxyl groups excluding tert-OH is 1. The van der Waals surface area contributed by atoms with Crippen molar-refractivity contribution in [1.29, 1.82) is 0 Å². The summed E-state index contributed by atoms with van der Waals surface area (Å²) >= 11 is 0. The van der Waals surface area contributed by atoms with Crippen LogP contribution < -0.4 is 10.1 Å². The number of aryl methyl sites for hydroxylation is 1. The van der Waals surface area contributed by atoms with Crippen LogP contribution in [-0.2, 0) is 0 Å². The van der Waals surface area contributed by atoms with Gasteiger partial charge >= 0.3 is 0 Å². The van der Waals surface area contributed by atoms with Gasteiger partial charge in [-0.3, -0.25) is 0 Å². The number of aliphatic hydroxyl groups is 1. The molecular formula is C19H24FNO2. The molecule has 23 heavy (non-hydrogen) atoms. The predicted octanol–water partition coefficient (Wildman–Crippen LogP) is 3.61. The second kappa shape index (κ2) is 8.65. The molecule has 2 aromatic carbocycles. The summed E-state index contributed by atoms with van der Waals surface area (Å²) in [6, 6.07) is 14.4. The Morgan fingerprint density at radius 2 is 1.74 bits per heavy atom. The Bertz CT molecular complexity index is 583. The van der Waals surface area contributed by atoms with E-state index in [-0.39, 0.29) is 18.5 Å². The minimum Gasteiger partial charge on any atom is -0.491 e. The van der Waals surface area contributed by atoms with Gasteiger partial charge < -0.3 is 15.2 Å². The first-order valence-corrected chi connectivity index (χ1v) is 7.95. The van der Waals surface area contributed by atoms with Gasteiger partial charge in [-0.15, -0.1) is 0 Å². The van der Waals surface area contributed by atoms with Crippen LogP contribution in [0.4, 0.5) is 4.39 Å². The fourth-order valence-corrected chi connectivity index (χ4v) is 2.36. The zero-order chi connectivity index (χ0) is 16.7. The highest BCUT2D eigenvalue weighted by molar-refractivity contribution is 5.24. The van der Waals surface area contributed by atoms with Gasteiger partial charge in [-0.1, -0.05) is 36.8 Å². The van der Waals surface area contributed by atoms with Crippen molar-refractivity contribution in [3.05, 3.63) is 65.5 Å². The molecule has 0 amide bonds. The molecule has 3 nitrogen and oxygen atoms in total. The Kier molecular flexibility index (Phi) is 6.56. The van der Waals surface area contributed by atoms with E-state index in [9.17, 15) is 9.50 Å². The maximum absolute atomic E-state index is 12.8. The fourth-order valence-electron chi connectivity index (χ4n) is 2.36. The maximum atomic E-state index is 12.8. The van der Waals surface area contributed by atoms with E-state index in [0.717, 1.165) is 6.42 Å². The van der Waals surface area contributed by atoms with Gasteiger partial charge in [0.2, 0.25) is 0 Å². The highest BCUT2D eigenvalue weighted by Crippen LogP contribution is 2.17. The first kappa shape index (κ1) is 17.4. The molecule has 4 heteroatoms. The third-order valence-electron chi connectivity index (χ3n) is 3.74. The molecule has 0 spiro atoms. The van der Waals surface area contributed by atoms with E-state index >= 15 is 0 Å². The first-order valence-electron chi connectivity index (χ1n) is 7.95. The average molecular weight is 317 g/mol. The highest BCUT2D eigenvalue weighted by atomic mass is 19.1. The highest BCUT2D eigenvalue weighted by Gasteiger charge is 2.12. The number of hydrogen-bond donors (Lipinski definition) is 2. The molecule has 0 aliphatic carbocycles. The van der Waals surface area contributed by atoms with Gasteiger partial charge in [-0.25, -0.2) is 4.39 Å². The molecule has 2 rings (SSSR count). The first-order chi connectivity index (χ1) is 11.1. The summed E-state index contributed by atoms with van der Waals surface area (Å²) in [5, 5.41) is 13.4. The van der Waals surface area contributed by atoms with Gasteiger partial charge in [0.25, 0.3) is 0 Å². The quantitative estimate of drug-likeness (QED) is 0.781. The Morgan fingerprint density at radius 3 is 2.35 bits per heavy atom. The standard InChI is InChI=1S/C19H24FNO2/c1-3-19(15-6-4-14(2)5-7-15)21-12-17(22)13-23-18-10-8-16(20)9-11-18/h4-11,17,19,21-22H,3,12-13H2,1-2H3. The van der Waals surface area contributed by atoms with E-state index in [4.69, 9.17) is 4.74 Å². The third kappa shape index (κ3) is 5.66. The van der Waals surface area contributed by atoms with E-state index in [2.05, 4.69) is 43.4 Å². The van der Waals surface area contributed by atoms with Gasteiger partial charge in [-0.05, 0) is 43.2 Å². The summed E-state index contributed by atoms with van der Waals surface area (Å²) in [6.45, 7) is 4.78. The second-order valence-electron chi connectivity index (χ2n) is 5.70. The van der Waals surface area contributed by atoms with Crippen LogP contribution in [0.25, 0.3) is 0 Å². The number of benzene rings is 2. The van der Waals surface area contributed by atoms with Crippen molar-refractivity contribution in [2.75, 3.05) is 13.2 Å². The average Bonchev–Trinajstić information content (AvgIpc) is 2.56. The van der Waals surface area contributed by atoms with E-state index in [1.54, 1.807) is 12.1 Å². The zero-order valence-electron chi connectivity index (χ0n) is 13.6. The van der Waals surface area contributed by atoms with Crippen LogP contribution in [-0.4, -0.2) is 24.4 Å². The molecule has 2 aromatic rings. The number of hydrogen-bond acceptors (Lipinski definition) is 3. The number of nitrogens with one attached hydrogen (secondary N) is 1. The topological polar surface area (TPSA) is 41.5 Å². The summed E-state index contributed by atoms with van der Waals surface area (Å²) in [5.74, 6) is 0.250. The number of rotatable bonds is 8. The summed E-state index contributed by atoms with van der Waals surface area (Å²) in [6.07, 6.45) is 0.314. The lowest BCUT2D eigenvalue weighted by molar-refractivity contribution is 0.103.